The molecule has 84 valence electrons. The van der Waals surface area contributed by atoms with Crippen LogP contribution in [0.15, 0.2) is 15.9 Å². The molecule has 2 unspecified atom stereocenters. The first-order chi connectivity index (χ1) is 7.12. The van der Waals surface area contributed by atoms with Gasteiger partial charge in [0.2, 0.25) is 0 Å². The molecule has 1 fully saturated rings. The second-order valence-electron chi connectivity index (χ2n) is 4.62. The Morgan fingerprint density at radius 1 is 1.60 bits per heavy atom. The summed E-state index contributed by atoms with van der Waals surface area (Å²) in [4.78, 5) is 1.28. The van der Waals surface area contributed by atoms with Crippen LogP contribution in [0.5, 0.6) is 0 Å². The van der Waals surface area contributed by atoms with Gasteiger partial charge in [-0.1, -0.05) is 19.8 Å². The zero-order valence-corrected chi connectivity index (χ0v) is 11.4. The third kappa shape index (κ3) is 2.45. The minimum Gasteiger partial charge on any atom is -0.389 e. The number of thiophene rings is 1. The lowest BCUT2D eigenvalue weighted by Crippen LogP contribution is -2.41. The average molecular weight is 289 g/mol. The van der Waals surface area contributed by atoms with E-state index >= 15 is 0 Å². The highest BCUT2D eigenvalue weighted by Crippen LogP contribution is 2.38. The topological polar surface area (TPSA) is 20.2 Å². The van der Waals surface area contributed by atoms with E-state index in [-0.39, 0.29) is 0 Å². The van der Waals surface area contributed by atoms with Crippen molar-refractivity contribution in [1.29, 1.82) is 0 Å². The van der Waals surface area contributed by atoms with Crippen LogP contribution in [0.4, 0.5) is 0 Å². The Hall–Kier alpha value is 0.140. The van der Waals surface area contributed by atoms with Gasteiger partial charge in [0.25, 0.3) is 0 Å². The molecule has 1 aliphatic carbocycles. The zero-order chi connectivity index (χ0) is 10.9. The second kappa shape index (κ2) is 4.56. The van der Waals surface area contributed by atoms with Crippen molar-refractivity contribution in [3.63, 3.8) is 0 Å². The van der Waals surface area contributed by atoms with E-state index in [4.69, 9.17) is 0 Å². The summed E-state index contributed by atoms with van der Waals surface area (Å²) in [7, 11) is 0. The molecule has 1 nitrogen and oxygen atoms in total. The molecule has 0 radical (unpaired) electrons. The fraction of sp³-hybridized carbons (Fsp3) is 0.667. The molecule has 1 saturated carbocycles. The second-order valence-corrected chi connectivity index (χ2v) is 6.47. The third-order valence-corrected chi connectivity index (χ3v) is 5.50. The molecule has 2 rings (SSSR count). The normalized spacial score (nSPS) is 31.8. The van der Waals surface area contributed by atoms with Crippen LogP contribution in [-0.2, 0) is 6.42 Å². The van der Waals surface area contributed by atoms with Crippen molar-refractivity contribution in [3.05, 3.63) is 20.8 Å². The predicted octanol–water partition coefficient (Wildman–Crippen LogP) is 3.99. The number of aliphatic hydroxyl groups is 1. The van der Waals surface area contributed by atoms with Gasteiger partial charge in [-0.05, 0) is 46.1 Å². The Balaban J connectivity index is 2.12. The lowest BCUT2D eigenvalue weighted by Gasteiger charge is -2.38. The Kier molecular flexibility index (Phi) is 3.53. The molecule has 0 aliphatic heterocycles. The first-order valence-electron chi connectivity index (χ1n) is 5.56. The SMILES string of the molecule is CC1CCCCC1(O)Cc1sccc1Br. The highest BCUT2D eigenvalue weighted by atomic mass is 79.9. The Labute approximate surface area is 104 Å². The standard InChI is InChI=1S/C12H17BrOS/c1-9-4-2-3-6-12(9,14)8-11-10(13)5-7-15-11/h5,7,9,14H,2-4,6,8H2,1H3. The van der Waals surface area contributed by atoms with Crippen molar-refractivity contribution in [2.24, 2.45) is 5.92 Å². The molecule has 2 atom stereocenters. The van der Waals surface area contributed by atoms with Crippen LogP contribution < -0.4 is 0 Å². The van der Waals surface area contributed by atoms with Crippen LogP contribution in [0.3, 0.4) is 0 Å². The fourth-order valence-corrected chi connectivity index (χ4v) is 4.00. The smallest absolute Gasteiger partial charge is 0.0721 e. The van der Waals surface area contributed by atoms with Gasteiger partial charge in [-0.3, -0.25) is 0 Å². The molecule has 1 aromatic rings. The lowest BCUT2D eigenvalue weighted by molar-refractivity contribution is -0.0400. The third-order valence-electron chi connectivity index (χ3n) is 3.57. The van der Waals surface area contributed by atoms with E-state index in [0.29, 0.717) is 5.92 Å². The van der Waals surface area contributed by atoms with Crippen LogP contribution in [0.2, 0.25) is 0 Å². The maximum atomic E-state index is 10.6. The molecule has 1 N–H and O–H groups in total. The number of hydrogen-bond donors (Lipinski definition) is 1. The molecule has 1 aromatic heterocycles. The van der Waals surface area contributed by atoms with Gasteiger partial charge in [-0.15, -0.1) is 11.3 Å². The minimum absolute atomic E-state index is 0.431. The fourth-order valence-electron chi connectivity index (χ4n) is 2.39. The van der Waals surface area contributed by atoms with Crippen molar-refractivity contribution in [2.45, 2.75) is 44.6 Å². The molecule has 0 spiro atoms. The van der Waals surface area contributed by atoms with Gasteiger partial charge in [-0.2, -0.15) is 0 Å². The van der Waals surface area contributed by atoms with E-state index < -0.39 is 5.60 Å². The van der Waals surface area contributed by atoms with E-state index in [1.807, 2.05) is 0 Å². The summed E-state index contributed by atoms with van der Waals surface area (Å²) in [6.45, 7) is 2.18. The van der Waals surface area contributed by atoms with E-state index in [9.17, 15) is 5.11 Å². The number of rotatable bonds is 2. The van der Waals surface area contributed by atoms with Gasteiger partial charge in [0, 0.05) is 15.8 Å². The Morgan fingerprint density at radius 2 is 2.40 bits per heavy atom. The van der Waals surface area contributed by atoms with Gasteiger partial charge in [0.15, 0.2) is 0 Å². The predicted molar refractivity (Wildman–Crippen MR) is 68.3 cm³/mol. The quantitative estimate of drug-likeness (QED) is 0.872. The molecule has 0 bridgehead atoms. The van der Waals surface area contributed by atoms with E-state index in [0.717, 1.165) is 17.3 Å². The van der Waals surface area contributed by atoms with Crippen molar-refractivity contribution in [1.82, 2.24) is 0 Å². The van der Waals surface area contributed by atoms with Crippen LogP contribution in [0.25, 0.3) is 0 Å². The summed E-state index contributed by atoms with van der Waals surface area (Å²) in [6, 6.07) is 2.07. The van der Waals surface area contributed by atoms with E-state index in [1.165, 1.54) is 24.1 Å². The molecule has 1 heterocycles. The van der Waals surface area contributed by atoms with Crippen molar-refractivity contribution >= 4 is 27.3 Å². The summed E-state index contributed by atoms with van der Waals surface area (Å²) >= 11 is 5.27. The first kappa shape index (κ1) is 11.6. The summed E-state index contributed by atoms with van der Waals surface area (Å²) in [6.07, 6.45) is 5.38. The van der Waals surface area contributed by atoms with Crippen molar-refractivity contribution in [3.8, 4) is 0 Å². The van der Waals surface area contributed by atoms with Gasteiger partial charge in [0.05, 0.1) is 5.60 Å². The molecule has 15 heavy (non-hydrogen) atoms. The summed E-state index contributed by atoms with van der Waals surface area (Å²) < 4.78 is 1.15. The van der Waals surface area contributed by atoms with Crippen LogP contribution in [0.1, 0.15) is 37.5 Å². The van der Waals surface area contributed by atoms with Gasteiger partial charge in [-0.25, -0.2) is 0 Å². The summed E-state index contributed by atoms with van der Waals surface area (Å²) in [5.74, 6) is 0.431. The van der Waals surface area contributed by atoms with Crippen LogP contribution in [0, 0.1) is 5.92 Å². The van der Waals surface area contributed by atoms with Crippen LogP contribution >= 0.6 is 27.3 Å². The van der Waals surface area contributed by atoms with Crippen LogP contribution in [-0.4, -0.2) is 10.7 Å². The highest BCUT2D eigenvalue weighted by Gasteiger charge is 2.36. The molecule has 0 aromatic carbocycles. The molecule has 0 saturated heterocycles. The van der Waals surface area contributed by atoms with Crippen molar-refractivity contribution < 1.29 is 5.11 Å². The number of halogens is 1. The largest absolute Gasteiger partial charge is 0.389 e. The average Bonchev–Trinajstić information content (AvgIpc) is 2.58. The monoisotopic (exact) mass is 288 g/mol. The van der Waals surface area contributed by atoms with Gasteiger partial charge >= 0.3 is 0 Å². The van der Waals surface area contributed by atoms with E-state index in [2.05, 4.69) is 34.3 Å². The van der Waals surface area contributed by atoms with Gasteiger partial charge in [0.1, 0.15) is 0 Å². The summed E-state index contributed by atoms with van der Waals surface area (Å²) in [5, 5.41) is 12.7. The molecule has 0 amide bonds. The highest BCUT2D eigenvalue weighted by molar-refractivity contribution is 9.10. The summed E-state index contributed by atoms with van der Waals surface area (Å²) in [5.41, 5.74) is -0.467. The molecular weight excluding hydrogens is 272 g/mol. The molecular formula is C12H17BrOS. The minimum atomic E-state index is -0.467. The van der Waals surface area contributed by atoms with Crippen molar-refractivity contribution in [2.75, 3.05) is 0 Å². The van der Waals surface area contributed by atoms with Gasteiger partial charge < -0.3 is 5.11 Å². The molecule has 3 heteroatoms. The maximum absolute atomic E-state index is 10.6. The maximum Gasteiger partial charge on any atom is 0.0721 e. The number of hydrogen-bond acceptors (Lipinski definition) is 2. The Bertz CT molecular complexity index is 336. The first-order valence-corrected chi connectivity index (χ1v) is 7.23. The Morgan fingerprint density at radius 3 is 3.00 bits per heavy atom. The van der Waals surface area contributed by atoms with E-state index in [1.54, 1.807) is 11.3 Å². The molecule has 1 aliphatic rings. The lowest BCUT2D eigenvalue weighted by atomic mass is 9.74. The zero-order valence-electron chi connectivity index (χ0n) is 9.00.